The van der Waals surface area contributed by atoms with Gasteiger partial charge in [0.15, 0.2) is 0 Å². The average Bonchev–Trinajstić information content (AvgIpc) is 2.37. The van der Waals surface area contributed by atoms with Crippen molar-refractivity contribution in [1.82, 2.24) is 0 Å². The summed E-state index contributed by atoms with van der Waals surface area (Å²) in [5.74, 6) is -0.885. The standard InChI is InChI=1S/C17H19FN2O/c1-11-7-12(2)9-13(8-11)17(3,16(19)21)20-15-6-4-5-14(18)10-15/h4-10,20H,1-3H3,(H2,19,21). The maximum absolute atomic E-state index is 13.3. The summed E-state index contributed by atoms with van der Waals surface area (Å²) in [6.07, 6.45) is 0. The molecule has 3 nitrogen and oxygen atoms in total. The van der Waals surface area contributed by atoms with Gasteiger partial charge in [-0.1, -0.05) is 35.4 Å². The lowest BCUT2D eigenvalue weighted by atomic mass is 9.88. The molecule has 0 heterocycles. The van der Waals surface area contributed by atoms with E-state index in [0.29, 0.717) is 5.69 Å². The van der Waals surface area contributed by atoms with E-state index in [2.05, 4.69) is 5.32 Å². The fourth-order valence-corrected chi connectivity index (χ4v) is 2.39. The number of hydrogen-bond donors (Lipinski definition) is 2. The van der Waals surface area contributed by atoms with Crippen LogP contribution in [0.2, 0.25) is 0 Å². The lowest BCUT2D eigenvalue weighted by molar-refractivity contribution is -0.122. The minimum Gasteiger partial charge on any atom is -0.368 e. The van der Waals surface area contributed by atoms with Crippen molar-refractivity contribution in [2.75, 3.05) is 5.32 Å². The van der Waals surface area contributed by atoms with Crippen LogP contribution in [0.15, 0.2) is 42.5 Å². The quantitative estimate of drug-likeness (QED) is 0.906. The van der Waals surface area contributed by atoms with Gasteiger partial charge in [0.2, 0.25) is 5.91 Å². The van der Waals surface area contributed by atoms with Crippen molar-refractivity contribution in [3.63, 3.8) is 0 Å². The molecule has 0 saturated heterocycles. The molecule has 3 N–H and O–H groups in total. The molecule has 0 aliphatic carbocycles. The lowest BCUT2D eigenvalue weighted by Gasteiger charge is -2.30. The van der Waals surface area contributed by atoms with Gasteiger partial charge in [-0.3, -0.25) is 4.79 Å². The maximum atomic E-state index is 13.3. The third-order valence-electron chi connectivity index (χ3n) is 3.51. The van der Waals surface area contributed by atoms with Crippen molar-refractivity contribution in [2.24, 2.45) is 5.73 Å². The molecule has 110 valence electrons. The van der Waals surface area contributed by atoms with Gasteiger partial charge < -0.3 is 11.1 Å². The summed E-state index contributed by atoms with van der Waals surface area (Å²) in [5.41, 5.74) is 7.84. The first kappa shape index (κ1) is 15.0. The first-order chi connectivity index (χ1) is 9.81. The second kappa shape index (κ2) is 5.56. The second-order valence-corrected chi connectivity index (χ2v) is 5.50. The van der Waals surface area contributed by atoms with Gasteiger partial charge in [-0.25, -0.2) is 4.39 Å². The number of benzene rings is 2. The highest BCUT2D eigenvalue weighted by Crippen LogP contribution is 2.28. The molecule has 0 aliphatic rings. The molecule has 0 bridgehead atoms. The summed E-state index contributed by atoms with van der Waals surface area (Å²) >= 11 is 0. The molecule has 1 amide bonds. The number of aryl methyl sites for hydroxylation is 2. The molecule has 1 atom stereocenters. The summed E-state index contributed by atoms with van der Waals surface area (Å²) in [4.78, 5) is 12.0. The molecule has 4 heteroatoms. The van der Waals surface area contributed by atoms with Gasteiger partial charge in [-0.2, -0.15) is 0 Å². The van der Waals surface area contributed by atoms with E-state index < -0.39 is 11.4 Å². The Balaban J connectivity index is 2.47. The zero-order valence-corrected chi connectivity index (χ0v) is 12.4. The number of amides is 1. The molecular formula is C17H19FN2O. The number of hydrogen-bond acceptors (Lipinski definition) is 2. The van der Waals surface area contributed by atoms with Crippen LogP contribution in [-0.2, 0) is 10.3 Å². The molecule has 2 rings (SSSR count). The van der Waals surface area contributed by atoms with Crippen molar-refractivity contribution < 1.29 is 9.18 Å². The number of carbonyl (C=O) groups excluding carboxylic acids is 1. The molecule has 21 heavy (non-hydrogen) atoms. The van der Waals surface area contributed by atoms with E-state index in [1.165, 1.54) is 12.1 Å². The summed E-state index contributed by atoms with van der Waals surface area (Å²) in [5, 5.41) is 3.05. The predicted molar refractivity (Wildman–Crippen MR) is 82.5 cm³/mol. The molecule has 2 aromatic rings. The van der Waals surface area contributed by atoms with Crippen LogP contribution >= 0.6 is 0 Å². The molecular weight excluding hydrogens is 267 g/mol. The Morgan fingerprint density at radius 2 is 1.76 bits per heavy atom. The number of nitrogens with one attached hydrogen (secondary N) is 1. The summed E-state index contributed by atoms with van der Waals surface area (Å²) in [6, 6.07) is 11.8. The van der Waals surface area contributed by atoms with E-state index in [4.69, 9.17) is 5.73 Å². The second-order valence-electron chi connectivity index (χ2n) is 5.50. The van der Waals surface area contributed by atoms with Crippen LogP contribution in [0.4, 0.5) is 10.1 Å². The minimum atomic E-state index is -1.11. The fraction of sp³-hybridized carbons (Fsp3) is 0.235. The van der Waals surface area contributed by atoms with Crippen molar-refractivity contribution in [2.45, 2.75) is 26.3 Å². The molecule has 0 aromatic heterocycles. The predicted octanol–water partition coefficient (Wildman–Crippen LogP) is 3.26. The van der Waals surface area contributed by atoms with Crippen molar-refractivity contribution >= 4 is 11.6 Å². The lowest BCUT2D eigenvalue weighted by Crippen LogP contribution is -2.45. The van der Waals surface area contributed by atoms with E-state index in [1.54, 1.807) is 19.1 Å². The normalized spacial score (nSPS) is 13.5. The van der Waals surface area contributed by atoms with Crippen LogP contribution in [0.3, 0.4) is 0 Å². The highest BCUT2D eigenvalue weighted by Gasteiger charge is 2.33. The first-order valence-electron chi connectivity index (χ1n) is 6.74. The van der Waals surface area contributed by atoms with E-state index >= 15 is 0 Å². The number of halogens is 1. The molecule has 2 aromatic carbocycles. The molecule has 1 unspecified atom stereocenters. The topological polar surface area (TPSA) is 55.1 Å². The Labute approximate surface area is 124 Å². The third-order valence-corrected chi connectivity index (χ3v) is 3.51. The smallest absolute Gasteiger partial charge is 0.247 e. The molecule has 0 radical (unpaired) electrons. The van der Waals surface area contributed by atoms with E-state index in [0.717, 1.165) is 16.7 Å². The highest BCUT2D eigenvalue weighted by atomic mass is 19.1. The van der Waals surface area contributed by atoms with Gasteiger partial charge in [-0.05, 0) is 44.5 Å². The van der Waals surface area contributed by atoms with Crippen molar-refractivity contribution in [1.29, 1.82) is 0 Å². The SMILES string of the molecule is Cc1cc(C)cc(C(C)(Nc2cccc(F)c2)C(N)=O)c1. The Morgan fingerprint density at radius 3 is 2.29 bits per heavy atom. The first-order valence-corrected chi connectivity index (χ1v) is 6.74. The van der Waals surface area contributed by atoms with Crippen LogP contribution in [-0.4, -0.2) is 5.91 Å². The largest absolute Gasteiger partial charge is 0.368 e. The zero-order valence-electron chi connectivity index (χ0n) is 12.4. The van der Waals surface area contributed by atoms with Crippen molar-refractivity contribution in [3.05, 3.63) is 65.0 Å². The van der Waals surface area contributed by atoms with Crippen LogP contribution in [0.5, 0.6) is 0 Å². The van der Waals surface area contributed by atoms with Crippen molar-refractivity contribution in [3.8, 4) is 0 Å². The van der Waals surface area contributed by atoms with E-state index in [9.17, 15) is 9.18 Å². The Hall–Kier alpha value is -2.36. The summed E-state index contributed by atoms with van der Waals surface area (Å²) in [7, 11) is 0. The number of carbonyl (C=O) groups is 1. The third kappa shape index (κ3) is 3.21. The maximum Gasteiger partial charge on any atom is 0.247 e. The van der Waals surface area contributed by atoms with Gasteiger partial charge >= 0.3 is 0 Å². The average molecular weight is 286 g/mol. The van der Waals surface area contributed by atoms with Gasteiger partial charge in [0.25, 0.3) is 0 Å². The van der Waals surface area contributed by atoms with Gasteiger partial charge in [0.1, 0.15) is 11.4 Å². The van der Waals surface area contributed by atoms with Gasteiger partial charge in [0.05, 0.1) is 0 Å². The molecule has 0 fully saturated rings. The summed E-state index contributed by atoms with van der Waals surface area (Å²) < 4.78 is 13.3. The van der Waals surface area contributed by atoms with Crippen LogP contribution in [0.1, 0.15) is 23.6 Å². The fourth-order valence-electron chi connectivity index (χ4n) is 2.39. The Kier molecular flexibility index (Phi) is 3.98. The molecule has 0 aliphatic heterocycles. The molecule has 0 spiro atoms. The summed E-state index contributed by atoms with van der Waals surface area (Å²) in [6.45, 7) is 5.62. The van der Waals surface area contributed by atoms with E-state index in [1.807, 2.05) is 32.0 Å². The monoisotopic (exact) mass is 286 g/mol. The van der Waals surface area contributed by atoms with E-state index in [-0.39, 0.29) is 5.82 Å². The van der Waals surface area contributed by atoms with Crippen LogP contribution in [0, 0.1) is 19.7 Å². The van der Waals surface area contributed by atoms with Crippen LogP contribution < -0.4 is 11.1 Å². The number of primary amides is 1. The van der Waals surface area contributed by atoms with Gasteiger partial charge in [0, 0.05) is 5.69 Å². The number of anilines is 1. The highest BCUT2D eigenvalue weighted by molar-refractivity contribution is 5.89. The molecule has 0 saturated carbocycles. The number of rotatable bonds is 4. The Bertz CT molecular complexity index is 664. The minimum absolute atomic E-state index is 0.368. The van der Waals surface area contributed by atoms with Gasteiger partial charge in [-0.15, -0.1) is 0 Å². The van der Waals surface area contributed by atoms with Crippen LogP contribution in [0.25, 0.3) is 0 Å². The number of nitrogens with two attached hydrogens (primary N) is 1. The zero-order chi connectivity index (χ0) is 15.6. The Morgan fingerprint density at radius 1 is 1.14 bits per heavy atom.